The molecule has 34 heavy (non-hydrogen) atoms. The number of hydrogen-bond acceptors (Lipinski definition) is 5. The molecule has 1 unspecified atom stereocenters. The molecule has 0 saturated heterocycles. The maximum atomic E-state index is 13.5. The summed E-state index contributed by atoms with van der Waals surface area (Å²) in [7, 11) is -4.91. The molecule has 3 aromatic rings. The van der Waals surface area contributed by atoms with E-state index in [1.165, 1.54) is 54.8 Å². The number of nitrogens with zero attached hydrogens (tertiary/aromatic N) is 2. The lowest BCUT2D eigenvalue weighted by Gasteiger charge is -2.24. The van der Waals surface area contributed by atoms with E-state index >= 15 is 0 Å². The number of fused-ring (bicyclic) bond motifs is 1. The second kappa shape index (κ2) is 8.86. The Labute approximate surface area is 199 Å². The number of amides is 1. The summed E-state index contributed by atoms with van der Waals surface area (Å²) in [6, 6.07) is 18.9. The van der Waals surface area contributed by atoms with Gasteiger partial charge in [0.1, 0.15) is 4.90 Å². The highest BCUT2D eigenvalue weighted by atomic mass is 32.2. The van der Waals surface area contributed by atoms with Crippen molar-refractivity contribution in [3.8, 4) is 0 Å². The highest BCUT2D eigenvalue weighted by Gasteiger charge is 2.36. The molecule has 0 radical (unpaired) electrons. The fraction of sp³-hybridized carbons (Fsp3) is 0.208. The van der Waals surface area contributed by atoms with Gasteiger partial charge >= 0.3 is 0 Å². The molecule has 0 aliphatic carbocycles. The number of nitrogens with one attached hydrogen (secondary N) is 1. The van der Waals surface area contributed by atoms with Crippen molar-refractivity contribution in [1.82, 2.24) is 4.31 Å². The molecule has 1 heterocycles. The highest BCUT2D eigenvalue weighted by molar-refractivity contribution is 7.93. The van der Waals surface area contributed by atoms with Gasteiger partial charge in [0, 0.05) is 25.7 Å². The van der Waals surface area contributed by atoms with E-state index in [-0.39, 0.29) is 27.1 Å². The van der Waals surface area contributed by atoms with Crippen molar-refractivity contribution >= 4 is 37.3 Å². The van der Waals surface area contributed by atoms with Crippen LogP contribution in [0.15, 0.2) is 82.6 Å². The topological polar surface area (TPSA) is 104 Å². The Bertz CT molecular complexity index is 1470. The van der Waals surface area contributed by atoms with Crippen LogP contribution in [0.5, 0.6) is 0 Å². The van der Waals surface area contributed by atoms with Gasteiger partial charge in [-0.25, -0.2) is 21.1 Å². The van der Waals surface area contributed by atoms with Crippen molar-refractivity contribution < 1.29 is 21.6 Å². The summed E-state index contributed by atoms with van der Waals surface area (Å²) >= 11 is 0. The predicted molar refractivity (Wildman–Crippen MR) is 131 cm³/mol. The summed E-state index contributed by atoms with van der Waals surface area (Å²) in [6.45, 7) is 1.84. The molecule has 178 valence electrons. The molecule has 4 rings (SSSR count). The van der Waals surface area contributed by atoms with Crippen LogP contribution < -0.4 is 9.62 Å². The predicted octanol–water partition coefficient (Wildman–Crippen LogP) is 3.33. The fourth-order valence-electron chi connectivity index (χ4n) is 4.00. The number of anilines is 2. The minimum atomic E-state index is -3.92. The molecule has 1 aliphatic heterocycles. The molecule has 3 aromatic carbocycles. The molecule has 0 fully saturated rings. The Morgan fingerprint density at radius 1 is 0.941 bits per heavy atom. The van der Waals surface area contributed by atoms with E-state index in [1.807, 2.05) is 19.1 Å². The van der Waals surface area contributed by atoms with Crippen molar-refractivity contribution in [2.24, 2.45) is 0 Å². The maximum absolute atomic E-state index is 13.5. The third-order valence-electron chi connectivity index (χ3n) is 5.69. The molecule has 10 heteroatoms. The second-order valence-electron chi connectivity index (χ2n) is 8.25. The molecular weight excluding hydrogens is 474 g/mol. The molecule has 1 aliphatic rings. The number of sulfonamides is 2. The smallest absolute Gasteiger partial charge is 0.264 e. The van der Waals surface area contributed by atoms with Crippen LogP contribution in [0.3, 0.4) is 0 Å². The first-order valence-electron chi connectivity index (χ1n) is 10.6. The highest BCUT2D eigenvalue weighted by Crippen LogP contribution is 2.36. The van der Waals surface area contributed by atoms with Gasteiger partial charge in [-0.3, -0.25) is 9.10 Å². The Balaban J connectivity index is 1.67. The van der Waals surface area contributed by atoms with Gasteiger partial charge < -0.3 is 5.32 Å². The second-order valence-corrected chi connectivity index (χ2v) is 12.2. The molecule has 1 atom stereocenters. The van der Waals surface area contributed by atoms with E-state index in [9.17, 15) is 21.6 Å². The summed E-state index contributed by atoms with van der Waals surface area (Å²) in [4.78, 5) is 12.9. The first-order chi connectivity index (χ1) is 16.0. The first-order valence-corrected chi connectivity index (χ1v) is 13.5. The molecule has 0 saturated carbocycles. The van der Waals surface area contributed by atoms with Crippen LogP contribution in [0.25, 0.3) is 0 Å². The van der Waals surface area contributed by atoms with E-state index in [4.69, 9.17) is 0 Å². The maximum Gasteiger partial charge on any atom is 0.264 e. The number of hydrogen-bond donors (Lipinski definition) is 1. The normalized spacial score (nSPS) is 15.9. The van der Waals surface area contributed by atoms with Gasteiger partial charge in [-0.05, 0) is 55.3 Å². The number of carbonyl (C=O) groups excluding carboxylic acids is 1. The lowest BCUT2D eigenvalue weighted by Crippen LogP contribution is -2.35. The first kappa shape index (κ1) is 23.9. The van der Waals surface area contributed by atoms with Crippen molar-refractivity contribution in [3.63, 3.8) is 0 Å². The van der Waals surface area contributed by atoms with Crippen LogP contribution in [0.2, 0.25) is 0 Å². The zero-order valence-electron chi connectivity index (χ0n) is 19.0. The number of para-hydroxylation sites is 2. The third-order valence-corrected chi connectivity index (χ3v) is 9.49. The van der Waals surface area contributed by atoms with Crippen LogP contribution in [-0.4, -0.2) is 47.2 Å². The molecular formula is C24H25N3O5S2. The number of benzene rings is 3. The minimum Gasteiger partial charge on any atom is -0.321 e. The monoisotopic (exact) mass is 499 g/mol. The van der Waals surface area contributed by atoms with Gasteiger partial charge in [0.15, 0.2) is 0 Å². The summed E-state index contributed by atoms with van der Waals surface area (Å²) in [5, 5.41) is 2.61. The van der Waals surface area contributed by atoms with Gasteiger partial charge in [0.05, 0.1) is 16.3 Å². The van der Waals surface area contributed by atoms with Gasteiger partial charge in [0.25, 0.3) is 15.9 Å². The van der Waals surface area contributed by atoms with Gasteiger partial charge in [-0.15, -0.1) is 0 Å². The van der Waals surface area contributed by atoms with E-state index in [0.29, 0.717) is 12.1 Å². The quantitative estimate of drug-likeness (QED) is 0.560. The Morgan fingerprint density at radius 3 is 2.35 bits per heavy atom. The fourth-order valence-corrected chi connectivity index (χ4v) is 6.78. The molecule has 1 N–H and O–H groups in total. The average molecular weight is 500 g/mol. The Kier molecular flexibility index (Phi) is 6.24. The van der Waals surface area contributed by atoms with E-state index in [0.717, 1.165) is 9.87 Å². The van der Waals surface area contributed by atoms with Gasteiger partial charge in [-0.1, -0.05) is 36.4 Å². The largest absolute Gasteiger partial charge is 0.321 e. The molecule has 0 bridgehead atoms. The Hall–Kier alpha value is -3.21. The lowest BCUT2D eigenvalue weighted by atomic mass is 10.1. The average Bonchev–Trinajstić information content (AvgIpc) is 3.15. The summed E-state index contributed by atoms with van der Waals surface area (Å²) in [6.07, 6.45) is 0.604. The van der Waals surface area contributed by atoms with Crippen molar-refractivity contribution in [2.75, 3.05) is 23.7 Å². The molecule has 0 aromatic heterocycles. The SMILES string of the molecule is CC1Cc2ccccc2N1S(=O)(=O)c1cccc(C(=O)Nc2ccccc2S(=O)(=O)N(C)C)c1. The Morgan fingerprint density at radius 2 is 1.62 bits per heavy atom. The summed E-state index contributed by atoms with van der Waals surface area (Å²) in [5.41, 5.74) is 1.79. The van der Waals surface area contributed by atoms with E-state index in [1.54, 1.807) is 24.3 Å². The van der Waals surface area contributed by atoms with E-state index in [2.05, 4.69) is 5.32 Å². The third kappa shape index (κ3) is 4.20. The van der Waals surface area contributed by atoms with Gasteiger partial charge in [-0.2, -0.15) is 0 Å². The number of rotatable bonds is 6. The zero-order chi connectivity index (χ0) is 24.7. The minimum absolute atomic E-state index is 0.0158. The van der Waals surface area contributed by atoms with Crippen molar-refractivity contribution in [2.45, 2.75) is 29.2 Å². The van der Waals surface area contributed by atoms with Crippen LogP contribution in [0.1, 0.15) is 22.8 Å². The van der Waals surface area contributed by atoms with Crippen LogP contribution in [0, 0.1) is 0 Å². The van der Waals surface area contributed by atoms with E-state index < -0.39 is 26.0 Å². The van der Waals surface area contributed by atoms with Gasteiger partial charge in [0.2, 0.25) is 10.0 Å². The summed E-state index contributed by atoms with van der Waals surface area (Å²) < 4.78 is 54.7. The molecule has 1 amide bonds. The zero-order valence-corrected chi connectivity index (χ0v) is 20.6. The lowest BCUT2D eigenvalue weighted by molar-refractivity contribution is 0.102. The van der Waals surface area contributed by atoms with Crippen LogP contribution in [0.4, 0.5) is 11.4 Å². The number of carbonyl (C=O) groups is 1. The van der Waals surface area contributed by atoms with Crippen molar-refractivity contribution in [3.05, 3.63) is 83.9 Å². The standard InChI is InChI=1S/C24H25N3O5S2/c1-17-15-18-9-4-6-13-22(18)27(17)33(29,30)20-11-8-10-19(16-20)24(28)25-21-12-5-7-14-23(21)34(31,32)26(2)3/h4-14,16-17H,15H2,1-3H3,(H,25,28). The van der Waals surface area contributed by atoms with Crippen LogP contribution in [-0.2, 0) is 26.5 Å². The molecule has 0 spiro atoms. The van der Waals surface area contributed by atoms with Crippen molar-refractivity contribution in [1.29, 1.82) is 0 Å². The van der Waals surface area contributed by atoms with Crippen LogP contribution >= 0.6 is 0 Å². The molecule has 8 nitrogen and oxygen atoms in total. The summed E-state index contributed by atoms with van der Waals surface area (Å²) in [5.74, 6) is -0.617.